The monoisotopic (exact) mass is 459 g/mol. The van der Waals surface area contributed by atoms with Crippen LogP contribution in [-0.4, -0.2) is 70.7 Å². The molecule has 0 aliphatic carbocycles. The Balaban J connectivity index is 0.000000451. The third-order valence-corrected chi connectivity index (χ3v) is 5.15. The van der Waals surface area contributed by atoms with Crippen molar-refractivity contribution in [3.05, 3.63) is 29.8 Å². The van der Waals surface area contributed by atoms with E-state index in [4.69, 9.17) is 15.0 Å². The molecule has 12 heteroatoms. The SMILES string of the molecule is O=C(O)C(F)(F)F.O=C(O)CN1CCC(c2ccc(N[C@H]3CCC(=O)NC3=O)cc2)CC1. The zero-order chi connectivity index (χ0) is 23.9. The highest BCUT2D eigenvalue weighted by Crippen LogP contribution is 2.29. The molecular formula is C20H24F3N3O6. The van der Waals surface area contributed by atoms with Crippen LogP contribution < -0.4 is 10.6 Å². The van der Waals surface area contributed by atoms with Crippen molar-refractivity contribution in [2.24, 2.45) is 0 Å². The summed E-state index contributed by atoms with van der Waals surface area (Å²) in [7, 11) is 0. The predicted molar refractivity (Wildman–Crippen MR) is 106 cm³/mol. The quantitative estimate of drug-likeness (QED) is 0.490. The number of halogens is 3. The van der Waals surface area contributed by atoms with Gasteiger partial charge in [-0.3, -0.25) is 24.6 Å². The van der Waals surface area contributed by atoms with Crippen LogP contribution in [0.15, 0.2) is 24.3 Å². The maximum absolute atomic E-state index is 11.8. The smallest absolute Gasteiger partial charge is 0.480 e. The Bertz CT molecular complexity index is 836. The lowest BCUT2D eigenvalue weighted by atomic mass is 9.89. The average molecular weight is 459 g/mol. The summed E-state index contributed by atoms with van der Waals surface area (Å²) in [5.74, 6) is -3.58. The number of carbonyl (C=O) groups is 4. The summed E-state index contributed by atoms with van der Waals surface area (Å²) in [5.41, 5.74) is 2.10. The second kappa shape index (κ2) is 10.9. The molecule has 176 valence electrons. The minimum absolute atomic E-state index is 0.113. The fourth-order valence-electron chi connectivity index (χ4n) is 3.50. The number of nitrogens with zero attached hydrogens (tertiary/aromatic N) is 1. The number of alkyl halides is 3. The molecule has 0 bridgehead atoms. The molecule has 3 rings (SSSR count). The number of amides is 2. The second-order valence-corrected chi connectivity index (χ2v) is 7.52. The van der Waals surface area contributed by atoms with E-state index in [2.05, 4.69) is 22.8 Å². The first kappa shape index (κ1) is 25.1. The number of hydrogen-bond donors (Lipinski definition) is 4. The maximum atomic E-state index is 11.8. The first-order valence-corrected chi connectivity index (χ1v) is 9.90. The fraction of sp³-hybridized carbons (Fsp3) is 0.500. The molecule has 1 atom stereocenters. The topological polar surface area (TPSA) is 136 Å². The predicted octanol–water partition coefficient (Wildman–Crippen LogP) is 1.80. The van der Waals surface area contributed by atoms with Crippen molar-refractivity contribution in [1.29, 1.82) is 0 Å². The maximum Gasteiger partial charge on any atom is 0.490 e. The van der Waals surface area contributed by atoms with E-state index < -0.39 is 18.1 Å². The van der Waals surface area contributed by atoms with Gasteiger partial charge in [0, 0.05) is 12.1 Å². The molecule has 1 aromatic rings. The third kappa shape index (κ3) is 7.84. The molecule has 1 aromatic carbocycles. The molecular weight excluding hydrogens is 435 g/mol. The molecule has 2 fully saturated rings. The number of rotatable bonds is 5. The van der Waals surface area contributed by atoms with Gasteiger partial charge in [0.2, 0.25) is 11.8 Å². The summed E-state index contributed by atoms with van der Waals surface area (Å²) < 4.78 is 31.7. The lowest BCUT2D eigenvalue weighted by Crippen LogP contribution is -2.47. The van der Waals surface area contributed by atoms with Gasteiger partial charge >= 0.3 is 18.1 Å². The Morgan fingerprint density at radius 2 is 1.62 bits per heavy atom. The number of nitrogens with one attached hydrogen (secondary N) is 2. The van der Waals surface area contributed by atoms with E-state index in [-0.39, 0.29) is 24.4 Å². The summed E-state index contributed by atoms with van der Waals surface area (Å²) in [4.78, 5) is 44.6. The number of benzene rings is 1. The van der Waals surface area contributed by atoms with E-state index in [1.54, 1.807) is 0 Å². The van der Waals surface area contributed by atoms with Gasteiger partial charge in [0.1, 0.15) is 6.04 Å². The third-order valence-electron chi connectivity index (χ3n) is 5.15. The summed E-state index contributed by atoms with van der Waals surface area (Å²) >= 11 is 0. The van der Waals surface area contributed by atoms with Crippen LogP contribution in [0.5, 0.6) is 0 Å². The second-order valence-electron chi connectivity index (χ2n) is 7.52. The van der Waals surface area contributed by atoms with Gasteiger partial charge in [-0.15, -0.1) is 0 Å². The number of imide groups is 1. The fourth-order valence-corrected chi connectivity index (χ4v) is 3.50. The van der Waals surface area contributed by atoms with E-state index >= 15 is 0 Å². The minimum Gasteiger partial charge on any atom is -0.480 e. The van der Waals surface area contributed by atoms with E-state index in [1.165, 1.54) is 5.56 Å². The number of aliphatic carboxylic acids is 2. The molecule has 2 aliphatic rings. The molecule has 2 saturated heterocycles. The van der Waals surface area contributed by atoms with Crippen molar-refractivity contribution in [2.45, 2.75) is 43.8 Å². The molecule has 0 radical (unpaired) electrons. The van der Waals surface area contributed by atoms with Crippen molar-refractivity contribution >= 4 is 29.4 Å². The Kier molecular flexibility index (Phi) is 8.58. The Morgan fingerprint density at radius 1 is 1.06 bits per heavy atom. The lowest BCUT2D eigenvalue weighted by Gasteiger charge is -2.31. The Hall–Kier alpha value is -3.15. The van der Waals surface area contributed by atoms with Crippen molar-refractivity contribution in [3.8, 4) is 0 Å². The van der Waals surface area contributed by atoms with Crippen molar-refractivity contribution in [1.82, 2.24) is 10.2 Å². The molecule has 9 nitrogen and oxygen atoms in total. The van der Waals surface area contributed by atoms with Crippen LogP contribution in [0.3, 0.4) is 0 Å². The molecule has 0 aromatic heterocycles. The van der Waals surface area contributed by atoms with Gasteiger partial charge in [-0.25, -0.2) is 4.79 Å². The Labute approximate surface area is 181 Å². The molecule has 2 heterocycles. The number of hydrogen-bond acceptors (Lipinski definition) is 6. The first-order valence-electron chi connectivity index (χ1n) is 9.90. The largest absolute Gasteiger partial charge is 0.490 e. The summed E-state index contributed by atoms with van der Waals surface area (Å²) in [6.07, 6.45) is -2.31. The molecule has 0 saturated carbocycles. The molecule has 0 unspecified atom stereocenters. The van der Waals surface area contributed by atoms with E-state index in [0.29, 0.717) is 18.8 Å². The summed E-state index contributed by atoms with van der Waals surface area (Å²) in [5, 5.41) is 21.5. The van der Waals surface area contributed by atoms with Gasteiger partial charge < -0.3 is 15.5 Å². The van der Waals surface area contributed by atoms with Crippen LogP contribution in [0.2, 0.25) is 0 Å². The van der Waals surface area contributed by atoms with Crippen LogP contribution in [0.25, 0.3) is 0 Å². The van der Waals surface area contributed by atoms with Gasteiger partial charge in [-0.1, -0.05) is 12.1 Å². The van der Waals surface area contributed by atoms with E-state index in [1.807, 2.05) is 17.0 Å². The Morgan fingerprint density at radius 3 is 2.09 bits per heavy atom. The van der Waals surface area contributed by atoms with Gasteiger partial charge in [0.25, 0.3) is 0 Å². The number of carbonyl (C=O) groups excluding carboxylic acids is 2. The van der Waals surface area contributed by atoms with Crippen molar-refractivity contribution in [3.63, 3.8) is 0 Å². The van der Waals surface area contributed by atoms with Gasteiger partial charge in [0.05, 0.1) is 6.54 Å². The van der Waals surface area contributed by atoms with E-state index in [0.717, 1.165) is 31.6 Å². The molecule has 2 aliphatic heterocycles. The average Bonchev–Trinajstić information content (AvgIpc) is 2.71. The number of carboxylic acids is 2. The van der Waals surface area contributed by atoms with Crippen LogP contribution in [0.1, 0.15) is 37.2 Å². The van der Waals surface area contributed by atoms with Crippen LogP contribution in [0, 0.1) is 0 Å². The van der Waals surface area contributed by atoms with Crippen LogP contribution >= 0.6 is 0 Å². The van der Waals surface area contributed by atoms with Gasteiger partial charge in [0.15, 0.2) is 0 Å². The highest BCUT2D eigenvalue weighted by atomic mass is 19.4. The summed E-state index contributed by atoms with van der Waals surface area (Å²) in [6, 6.07) is 7.67. The first-order chi connectivity index (χ1) is 15.0. The zero-order valence-corrected chi connectivity index (χ0v) is 17.0. The number of anilines is 1. The molecule has 2 amide bonds. The highest BCUT2D eigenvalue weighted by Gasteiger charge is 2.38. The van der Waals surface area contributed by atoms with Crippen LogP contribution in [-0.2, 0) is 19.2 Å². The number of likely N-dealkylation sites (tertiary alicyclic amines) is 1. The standard InChI is InChI=1S/C18H23N3O4.C2HF3O2/c22-16-6-5-15(18(25)20-16)19-14-3-1-12(2-4-14)13-7-9-21(10-8-13)11-17(23)24;3-2(4,5)1(6)7/h1-4,13,15,19H,5-11H2,(H,23,24)(H,20,22,25);(H,6,7)/t15-;/m0./s1. The van der Waals surface area contributed by atoms with Crippen molar-refractivity contribution < 1.29 is 42.6 Å². The van der Waals surface area contributed by atoms with Gasteiger partial charge in [-0.2, -0.15) is 13.2 Å². The summed E-state index contributed by atoms with van der Waals surface area (Å²) in [6.45, 7) is 1.71. The molecule has 4 N–H and O–H groups in total. The molecule has 32 heavy (non-hydrogen) atoms. The van der Waals surface area contributed by atoms with Crippen LogP contribution in [0.4, 0.5) is 18.9 Å². The van der Waals surface area contributed by atoms with Crippen molar-refractivity contribution in [2.75, 3.05) is 25.0 Å². The molecule has 0 spiro atoms. The lowest BCUT2D eigenvalue weighted by molar-refractivity contribution is -0.192. The minimum atomic E-state index is -5.08. The normalized spacial score (nSPS) is 20.0. The van der Waals surface area contributed by atoms with E-state index in [9.17, 15) is 27.6 Å². The number of carboxylic acid groups (broad SMARTS) is 2. The zero-order valence-electron chi connectivity index (χ0n) is 17.0. The highest BCUT2D eigenvalue weighted by molar-refractivity contribution is 6.01. The van der Waals surface area contributed by atoms with Gasteiger partial charge in [-0.05, 0) is 56.0 Å². The number of piperidine rings is 2.